The summed E-state index contributed by atoms with van der Waals surface area (Å²) in [5.41, 5.74) is 0.465. The second-order valence-electron chi connectivity index (χ2n) is 5.93. The molecule has 0 saturated carbocycles. The maximum atomic E-state index is 12.9. The van der Waals surface area contributed by atoms with Gasteiger partial charge >= 0.3 is 5.97 Å². The molecule has 1 aromatic carbocycles. The maximum absolute atomic E-state index is 12.9. The lowest BCUT2D eigenvalue weighted by molar-refractivity contribution is -0.138. The highest BCUT2D eigenvalue weighted by molar-refractivity contribution is 5.79. The third-order valence-corrected chi connectivity index (χ3v) is 4.09. The standard InChI is InChI=1S/C17H22FNO4/c1-11-2-7-14(23-11)8-9-16(20)19-10-15(17(21)22)12-3-5-13(18)6-4-12/h3-6,11,14-15H,2,7-10H2,1H3,(H,19,20)(H,21,22). The number of benzene rings is 1. The first-order chi connectivity index (χ1) is 11.0. The largest absolute Gasteiger partial charge is 0.481 e. The number of amides is 1. The number of nitrogens with one attached hydrogen (secondary N) is 1. The first-order valence-electron chi connectivity index (χ1n) is 7.86. The Balaban J connectivity index is 1.80. The average molecular weight is 323 g/mol. The minimum Gasteiger partial charge on any atom is -0.481 e. The maximum Gasteiger partial charge on any atom is 0.312 e. The molecule has 3 unspecified atom stereocenters. The number of hydrogen-bond acceptors (Lipinski definition) is 3. The van der Waals surface area contributed by atoms with Gasteiger partial charge in [0.2, 0.25) is 5.91 Å². The molecule has 1 heterocycles. The summed E-state index contributed by atoms with van der Waals surface area (Å²) in [7, 11) is 0. The van der Waals surface area contributed by atoms with E-state index in [1.165, 1.54) is 24.3 Å². The molecule has 2 rings (SSSR count). The van der Waals surface area contributed by atoms with Gasteiger partial charge in [0, 0.05) is 13.0 Å². The van der Waals surface area contributed by atoms with Gasteiger partial charge in [-0.25, -0.2) is 4.39 Å². The fourth-order valence-corrected chi connectivity index (χ4v) is 2.74. The number of carboxylic acid groups (broad SMARTS) is 1. The molecule has 6 heteroatoms. The molecule has 1 aromatic rings. The molecule has 3 atom stereocenters. The molecule has 0 radical (unpaired) electrons. The molecule has 0 aromatic heterocycles. The van der Waals surface area contributed by atoms with E-state index in [4.69, 9.17) is 4.74 Å². The third kappa shape index (κ3) is 5.32. The summed E-state index contributed by atoms with van der Waals surface area (Å²) < 4.78 is 18.6. The number of hydrogen-bond donors (Lipinski definition) is 2. The van der Waals surface area contributed by atoms with Crippen molar-refractivity contribution in [2.75, 3.05) is 6.54 Å². The lowest BCUT2D eigenvalue weighted by Gasteiger charge is -2.15. The van der Waals surface area contributed by atoms with Crippen molar-refractivity contribution in [2.45, 2.75) is 50.7 Å². The predicted molar refractivity (Wildman–Crippen MR) is 82.6 cm³/mol. The second-order valence-corrected chi connectivity index (χ2v) is 5.93. The highest BCUT2D eigenvalue weighted by Gasteiger charge is 2.23. The van der Waals surface area contributed by atoms with Crippen LogP contribution in [-0.2, 0) is 14.3 Å². The molecule has 0 spiro atoms. The van der Waals surface area contributed by atoms with E-state index in [9.17, 15) is 19.1 Å². The predicted octanol–water partition coefficient (Wildman–Crippen LogP) is 2.46. The minimum atomic E-state index is -1.05. The summed E-state index contributed by atoms with van der Waals surface area (Å²) >= 11 is 0. The van der Waals surface area contributed by atoms with Gasteiger partial charge in [0.05, 0.1) is 18.1 Å². The van der Waals surface area contributed by atoms with E-state index in [2.05, 4.69) is 5.32 Å². The van der Waals surface area contributed by atoms with E-state index in [-0.39, 0.29) is 24.7 Å². The molecule has 2 N–H and O–H groups in total. The van der Waals surface area contributed by atoms with Crippen LogP contribution in [0.5, 0.6) is 0 Å². The Morgan fingerprint density at radius 1 is 1.35 bits per heavy atom. The summed E-state index contributed by atoms with van der Waals surface area (Å²) in [5, 5.41) is 11.9. The van der Waals surface area contributed by atoms with Gasteiger partial charge in [-0.1, -0.05) is 12.1 Å². The number of carbonyl (C=O) groups excluding carboxylic acids is 1. The van der Waals surface area contributed by atoms with Gasteiger partial charge in [0.25, 0.3) is 0 Å². The smallest absolute Gasteiger partial charge is 0.312 e. The van der Waals surface area contributed by atoms with Crippen LogP contribution in [0.25, 0.3) is 0 Å². The van der Waals surface area contributed by atoms with E-state index in [1.54, 1.807) is 0 Å². The van der Waals surface area contributed by atoms with Crippen LogP contribution in [-0.4, -0.2) is 35.7 Å². The van der Waals surface area contributed by atoms with Crippen LogP contribution in [0.3, 0.4) is 0 Å². The van der Waals surface area contributed by atoms with Gasteiger partial charge in [-0.2, -0.15) is 0 Å². The highest BCUT2D eigenvalue weighted by atomic mass is 19.1. The molecule has 0 bridgehead atoms. The third-order valence-electron chi connectivity index (χ3n) is 4.09. The molecule has 23 heavy (non-hydrogen) atoms. The van der Waals surface area contributed by atoms with Crippen molar-refractivity contribution in [3.63, 3.8) is 0 Å². The van der Waals surface area contributed by atoms with Gasteiger partial charge in [0.1, 0.15) is 5.82 Å². The van der Waals surface area contributed by atoms with Crippen LogP contribution in [0.2, 0.25) is 0 Å². The average Bonchev–Trinajstić information content (AvgIpc) is 2.92. The summed E-state index contributed by atoms with van der Waals surface area (Å²) in [6.07, 6.45) is 3.29. The lowest BCUT2D eigenvalue weighted by atomic mass is 9.99. The van der Waals surface area contributed by atoms with Gasteiger partial charge in [0.15, 0.2) is 0 Å². The number of ether oxygens (including phenoxy) is 1. The van der Waals surface area contributed by atoms with E-state index < -0.39 is 17.7 Å². The van der Waals surface area contributed by atoms with Gasteiger partial charge in [-0.3, -0.25) is 9.59 Å². The summed E-state index contributed by atoms with van der Waals surface area (Å²) in [6, 6.07) is 5.28. The van der Waals surface area contributed by atoms with Crippen molar-refractivity contribution in [3.8, 4) is 0 Å². The van der Waals surface area contributed by atoms with E-state index in [0.29, 0.717) is 18.4 Å². The van der Waals surface area contributed by atoms with Crippen molar-refractivity contribution >= 4 is 11.9 Å². The number of rotatable bonds is 7. The Kier molecular flexibility index (Phi) is 6.10. The quantitative estimate of drug-likeness (QED) is 0.808. The zero-order valence-corrected chi connectivity index (χ0v) is 13.1. The Hall–Kier alpha value is -1.95. The first-order valence-corrected chi connectivity index (χ1v) is 7.86. The lowest BCUT2D eigenvalue weighted by Crippen LogP contribution is -2.32. The van der Waals surface area contributed by atoms with Crippen molar-refractivity contribution in [1.29, 1.82) is 0 Å². The first kappa shape index (κ1) is 17.4. The molecule has 5 nitrogen and oxygen atoms in total. The summed E-state index contributed by atoms with van der Waals surface area (Å²) in [4.78, 5) is 23.2. The molecular formula is C17H22FNO4. The van der Waals surface area contributed by atoms with Crippen LogP contribution in [0, 0.1) is 5.82 Å². The Bertz CT molecular complexity index is 546. The normalized spacial score (nSPS) is 21.8. The number of halogens is 1. The number of aliphatic carboxylic acids is 1. The van der Waals surface area contributed by atoms with Gasteiger partial charge in [-0.05, 0) is 43.9 Å². The summed E-state index contributed by atoms with van der Waals surface area (Å²) in [6.45, 7) is 2.00. The van der Waals surface area contributed by atoms with Crippen molar-refractivity contribution < 1.29 is 23.8 Å². The zero-order valence-electron chi connectivity index (χ0n) is 13.1. The molecule has 1 aliphatic rings. The Morgan fingerprint density at radius 2 is 2.04 bits per heavy atom. The molecular weight excluding hydrogens is 301 g/mol. The zero-order chi connectivity index (χ0) is 16.8. The highest BCUT2D eigenvalue weighted by Crippen LogP contribution is 2.22. The van der Waals surface area contributed by atoms with Crippen molar-refractivity contribution in [3.05, 3.63) is 35.6 Å². The van der Waals surface area contributed by atoms with E-state index >= 15 is 0 Å². The number of carbonyl (C=O) groups is 2. The van der Waals surface area contributed by atoms with Gasteiger partial charge < -0.3 is 15.2 Å². The second kappa shape index (κ2) is 8.06. The molecule has 126 valence electrons. The fourth-order valence-electron chi connectivity index (χ4n) is 2.74. The Morgan fingerprint density at radius 3 is 2.61 bits per heavy atom. The van der Waals surface area contributed by atoms with Crippen molar-refractivity contribution in [1.82, 2.24) is 5.32 Å². The van der Waals surface area contributed by atoms with Crippen LogP contribution in [0.1, 0.15) is 44.1 Å². The minimum absolute atomic E-state index is 0.0122. The number of carboxylic acids is 1. The fraction of sp³-hybridized carbons (Fsp3) is 0.529. The van der Waals surface area contributed by atoms with E-state index in [1.807, 2.05) is 6.92 Å². The molecule has 1 amide bonds. The SMILES string of the molecule is CC1CCC(CCC(=O)NCC(C(=O)O)c2ccc(F)cc2)O1. The van der Waals surface area contributed by atoms with Gasteiger partial charge in [-0.15, -0.1) is 0 Å². The monoisotopic (exact) mass is 323 g/mol. The van der Waals surface area contributed by atoms with Crippen LogP contribution in [0.4, 0.5) is 4.39 Å². The summed E-state index contributed by atoms with van der Waals surface area (Å²) in [5.74, 6) is -2.55. The van der Waals surface area contributed by atoms with Crippen LogP contribution >= 0.6 is 0 Å². The topological polar surface area (TPSA) is 75.6 Å². The van der Waals surface area contributed by atoms with Crippen molar-refractivity contribution in [2.24, 2.45) is 0 Å². The molecule has 1 aliphatic heterocycles. The Labute approximate surface area is 134 Å². The molecule has 0 aliphatic carbocycles. The molecule has 1 fully saturated rings. The van der Waals surface area contributed by atoms with Crippen LogP contribution < -0.4 is 5.32 Å². The van der Waals surface area contributed by atoms with E-state index in [0.717, 1.165) is 12.8 Å². The molecule has 1 saturated heterocycles. The van der Waals surface area contributed by atoms with Crippen LogP contribution in [0.15, 0.2) is 24.3 Å².